The number of aromatic nitrogens is 1. The third kappa shape index (κ3) is 4.36. The molecule has 1 aromatic heterocycles. The summed E-state index contributed by atoms with van der Waals surface area (Å²) in [6.45, 7) is 5.99. The zero-order chi connectivity index (χ0) is 20.1. The number of fused-ring (bicyclic) bond motifs is 1. The van der Waals surface area contributed by atoms with Crippen LogP contribution in [0.5, 0.6) is 0 Å². The fraction of sp³-hybridized carbons (Fsp3) is 0.261. The van der Waals surface area contributed by atoms with E-state index >= 15 is 0 Å². The van der Waals surface area contributed by atoms with Gasteiger partial charge in [-0.2, -0.15) is 0 Å². The number of pyridine rings is 1. The van der Waals surface area contributed by atoms with Gasteiger partial charge in [-0.1, -0.05) is 50.2 Å². The van der Waals surface area contributed by atoms with E-state index in [0.717, 1.165) is 27.8 Å². The number of hydrogen-bond donors (Lipinski definition) is 1. The highest BCUT2D eigenvalue weighted by Crippen LogP contribution is 2.26. The first-order valence-electron chi connectivity index (χ1n) is 9.48. The number of anilines is 2. The van der Waals surface area contributed by atoms with Gasteiger partial charge in [-0.3, -0.25) is 14.6 Å². The topological polar surface area (TPSA) is 62.3 Å². The second-order valence-electron chi connectivity index (χ2n) is 7.06. The van der Waals surface area contributed by atoms with Gasteiger partial charge >= 0.3 is 0 Å². The predicted molar refractivity (Wildman–Crippen MR) is 114 cm³/mol. The van der Waals surface area contributed by atoms with Crippen molar-refractivity contribution in [1.82, 2.24) is 4.98 Å². The van der Waals surface area contributed by atoms with Gasteiger partial charge in [-0.25, -0.2) is 0 Å². The Morgan fingerprint density at radius 2 is 1.79 bits per heavy atom. The van der Waals surface area contributed by atoms with E-state index in [1.807, 2.05) is 54.6 Å². The highest BCUT2D eigenvalue weighted by Gasteiger charge is 2.17. The zero-order valence-corrected chi connectivity index (χ0v) is 16.5. The molecule has 2 amide bonds. The molecule has 144 valence electrons. The van der Waals surface area contributed by atoms with Crippen molar-refractivity contribution in [1.29, 1.82) is 0 Å². The molecule has 3 aromatic rings. The minimum absolute atomic E-state index is 0.117. The van der Waals surface area contributed by atoms with Crippen LogP contribution in [-0.2, 0) is 9.59 Å². The summed E-state index contributed by atoms with van der Waals surface area (Å²) in [5.41, 5.74) is 3.40. The summed E-state index contributed by atoms with van der Waals surface area (Å²) in [4.78, 5) is 30.8. The minimum atomic E-state index is -0.118. The van der Waals surface area contributed by atoms with Crippen LogP contribution in [-0.4, -0.2) is 23.3 Å². The van der Waals surface area contributed by atoms with E-state index in [0.29, 0.717) is 12.5 Å². The van der Waals surface area contributed by atoms with Crippen LogP contribution in [0.1, 0.15) is 38.7 Å². The maximum Gasteiger partial charge on any atom is 0.226 e. The van der Waals surface area contributed by atoms with E-state index in [1.54, 1.807) is 11.1 Å². The molecular formula is C23H25N3O2. The van der Waals surface area contributed by atoms with Gasteiger partial charge in [-0.15, -0.1) is 0 Å². The van der Waals surface area contributed by atoms with Crippen molar-refractivity contribution in [3.8, 4) is 0 Å². The quantitative estimate of drug-likeness (QED) is 0.677. The Balaban J connectivity index is 1.76. The van der Waals surface area contributed by atoms with Gasteiger partial charge in [0.25, 0.3) is 0 Å². The summed E-state index contributed by atoms with van der Waals surface area (Å²) >= 11 is 0. The summed E-state index contributed by atoms with van der Waals surface area (Å²) in [5.74, 6) is 0.0769. The van der Waals surface area contributed by atoms with Gasteiger partial charge < -0.3 is 10.2 Å². The third-order valence-corrected chi connectivity index (χ3v) is 4.70. The van der Waals surface area contributed by atoms with Crippen molar-refractivity contribution in [3.63, 3.8) is 0 Å². The van der Waals surface area contributed by atoms with Crippen LogP contribution in [0.2, 0.25) is 0 Å². The number of carbonyl (C=O) groups excluding carboxylic acids is 2. The Morgan fingerprint density at radius 3 is 2.54 bits per heavy atom. The highest BCUT2D eigenvalue weighted by atomic mass is 16.2. The molecule has 5 heteroatoms. The molecule has 0 unspecified atom stereocenters. The van der Waals surface area contributed by atoms with E-state index in [1.165, 1.54) is 6.92 Å². The lowest BCUT2D eigenvalue weighted by atomic mass is 10.0. The predicted octanol–water partition coefficient (Wildman–Crippen LogP) is 4.74. The van der Waals surface area contributed by atoms with Gasteiger partial charge in [0, 0.05) is 37.2 Å². The molecule has 0 saturated carbocycles. The molecule has 2 aromatic carbocycles. The largest absolute Gasteiger partial charge is 0.326 e. The van der Waals surface area contributed by atoms with Gasteiger partial charge in [0.1, 0.15) is 0 Å². The van der Waals surface area contributed by atoms with Crippen LogP contribution in [0.3, 0.4) is 0 Å². The Bertz CT molecular complexity index is 993. The smallest absolute Gasteiger partial charge is 0.226 e. The maximum absolute atomic E-state index is 12.5. The van der Waals surface area contributed by atoms with Crippen LogP contribution < -0.4 is 10.2 Å². The average molecular weight is 375 g/mol. The van der Waals surface area contributed by atoms with Crippen LogP contribution in [0, 0.1) is 0 Å². The summed E-state index contributed by atoms with van der Waals surface area (Å²) in [7, 11) is 0. The number of carbonyl (C=O) groups is 2. The number of benzene rings is 2. The standard InChI is InChI=1S/C23H25N3O2/c1-16(2)19-10-4-5-11-20(19)25-22(28)13-15-26(17(3)27)21-12-6-8-18-9-7-14-24-23(18)21/h4-12,14,16H,13,15H2,1-3H3,(H,25,28). The number of para-hydroxylation sites is 2. The van der Waals surface area contributed by atoms with Crippen LogP contribution >= 0.6 is 0 Å². The summed E-state index contributed by atoms with van der Waals surface area (Å²) in [6, 6.07) is 17.3. The van der Waals surface area contributed by atoms with Gasteiger partial charge in [-0.05, 0) is 29.7 Å². The van der Waals surface area contributed by atoms with E-state index in [4.69, 9.17) is 0 Å². The van der Waals surface area contributed by atoms with Crippen molar-refractivity contribution < 1.29 is 9.59 Å². The molecule has 28 heavy (non-hydrogen) atoms. The molecule has 3 rings (SSSR count). The zero-order valence-electron chi connectivity index (χ0n) is 16.5. The normalized spacial score (nSPS) is 10.9. The number of nitrogens with one attached hydrogen (secondary N) is 1. The first-order chi connectivity index (χ1) is 13.5. The number of hydrogen-bond acceptors (Lipinski definition) is 3. The molecule has 5 nitrogen and oxygen atoms in total. The second-order valence-corrected chi connectivity index (χ2v) is 7.06. The number of rotatable bonds is 6. The van der Waals surface area contributed by atoms with Crippen molar-refractivity contribution in [3.05, 3.63) is 66.4 Å². The van der Waals surface area contributed by atoms with Crippen LogP contribution in [0.15, 0.2) is 60.8 Å². The Kier molecular flexibility index (Phi) is 6.04. The molecule has 0 aliphatic carbocycles. The fourth-order valence-electron chi connectivity index (χ4n) is 3.29. The van der Waals surface area contributed by atoms with Gasteiger partial charge in [0.2, 0.25) is 11.8 Å². The summed E-state index contributed by atoms with van der Waals surface area (Å²) in [6.07, 6.45) is 1.91. The Morgan fingerprint density at radius 1 is 1.04 bits per heavy atom. The number of nitrogens with zero attached hydrogens (tertiary/aromatic N) is 2. The lowest BCUT2D eigenvalue weighted by molar-refractivity contribution is -0.117. The van der Waals surface area contributed by atoms with E-state index in [9.17, 15) is 9.59 Å². The molecule has 1 N–H and O–H groups in total. The van der Waals surface area contributed by atoms with Crippen LogP contribution in [0.25, 0.3) is 10.9 Å². The van der Waals surface area contributed by atoms with Gasteiger partial charge in [0.05, 0.1) is 11.2 Å². The Labute approximate surface area is 165 Å². The lowest BCUT2D eigenvalue weighted by Gasteiger charge is -2.22. The van der Waals surface area contributed by atoms with Crippen molar-refractivity contribution in [2.24, 2.45) is 0 Å². The third-order valence-electron chi connectivity index (χ3n) is 4.70. The summed E-state index contributed by atoms with van der Waals surface area (Å²) in [5, 5.41) is 3.94. The van der Waals surface area contributed by atoms with Crippen molar-refractivity contribution in [2.75, 3.05) is 16.8 Å². The fourth-order valence-corrected chi connectivity index (χ4v) is 3.29. The molecular weight excluding hydrogens is 350 g/mol. The maximum atomic E-state index is 12.5. The molecule has 0 fully saturated rings. The first kappa shape index (κ1) is 19.5. The van der Waals surface area contributed by atoms with E-state index in [-0.39, 0.29) is 18.2 Å². The Hall–Kier alpha value is -3.21. The van der Waals surface area contributed by atoms with Gasteiger partial charge in [0.15, 0.2) is 0 Å². The molecule has 0 saturated heterocycles. The van der Waals surface area contributed by atoms with Crippen molar-refractivity contribution >= 4 is 34.1 Å². The molecule has 0 aliphatic rings. The minimum Gasteiger partial charge on any atom is -0.326 e. The molecule has 0 atom stereocenters. The SMILES string of the molecule is CC(=O)N(CCC(=O)Nc1ccccc1C(C)C)c1cccc2cccnc12. The lowest BCUT2D eigenvalue weighted by Crippen LogP contribution is -2.32. The van der Waals surface area contributed by atoms with E-state index < -0.39 is 0 Å². The molecule has 0 radical (unpaired) electrons. The van der Waals surface area contributed by atoms with E-state index in [2.05, 4.69) is 24.1 Å². The monoisotopic (exact) mass is 375 g/mol. The second kappa shape index (κ2) is 8.65. The number of amides is 2. The van der Waals surface area contributed by atoms with Crippen LogP contribution in [0.4, 0.5) is 11.4 Å². The first-order valence-corrected chi connectivity index (χ1v) is 9.48. The molecule has 0 bridgehead atoms. The summed E-state index contributed by atoms with van der Waals surface area (Å²) < 4.78 is 0. The molecule has 0 spiro atoms. The highest BCUT2D eigenvalue weighted by molar-refractivity contribution is 6.02. The average Bonchev–Trinajstić information content (AvgIpc) is 2.68. The molecule has 1 heterocycles. The van der Waals surface area contributed by atoms with Crippen molar-refractivity contribution in [2.45, 2.75) is 33.1 Å². The molecule has 0 aliphatic heterocycles.